The maximum absolute atomic E-state index is 13.2. The van der Waals surface area contributed by atoms with E-state index >= 15 is 0 Å². The minimum absolute atomic E-state index is 0.0151. The number of amidine groups is 1. The van der Waals surface area contributed by atoms with Crippen molar-refractivity contribution < 1.29 is 43.3 Å². The summed E-state index contributed by atoms with van der Waals surface area (Å²) in [5.74, 6) is -2.78. The third kappa shape index (κ3) is 4.58. The Labute approximate surface area is 205 Å². The summed E-state index contributed by atoms with van der Waals surface area (Å²) in [5, 5.41) is 13.8. The van der Waals surface area contributed by atoms with E-state index in [2.05, 4.69) is 5.16 Å². The van der Waals surface area contributed by atoms with Gasteiger partial charge in [0, 0.05) is 25.5 Å². The van der Waals surface area contributed by atoms with Crippen LogP contribution in [-0.4, -0.2) is 60.2 Å². The predicted octanol–water partition coefficient (Wildman–Crippen LogP) is 2.83. The Kier molecular flexibility index (Phi) is 7.02. The fourth-order valence-electron chi connectivity index (χ4n) is 4.09. The van der Waals surface area contributed by atoms with E-state index in [9.17, 15) is 19.5 Å². The molecule has 2 aliphatic heterocycles. The molecule has 0 aromatic heterocycles. The van der Waals surface area contributed by atoms with E-state index in [0.29, 0.717) is 6.61 Å². The van der Waals surface area contributed by atoms with E-state index < -0.39 is 35.5 Å². The molecule has 1 aromatic carbocycles. The largest absolute Gasteiger partial charge is 0.507 e. The van der Waals surface area contributed by atoms with E-state index in [1.165, 1.54) is 13.2 Å². The molecule has 4 rings (SSSR count). The van der Waals surface area contributed by atoms with Crippen molar-refractivity contribution in [3.05, 3.63) is 34.1 Å². The summed E-state index contributed by atoms with van der Waals surface area (Å²) in [6.07, 6.45) is 2.40. The van der Waals surface area contributed by atoms with Crippen molar-refractivity contribution in [1.29, 1.82) is 0 Å². The smallest absolute Gasteiger partial charge is 0.367 e. The van der Waals surface area contributed by atoms with Crippen molar-refractivity contribution in [3.63, 3.8) is 0 Å². The molecule has 1 aromatic rings. The van der Waals surface area contributed by atoms with Crippen LogP contribution in [0.15, 0.2) is 23.1 Å². The monoisotopic (exact) mass is 508 g/mol. The molecule has 2 heterocycles. The normalized spacial score (nSPS) is 25.1. The zero-order valence-electron chi connectivity index (χ0n) is 19.2. The topological polar surface area (TPSA) is 156 Å². The zero-order valence-corrected chi connectivity index (χ0v) is 19.9. The van der Waals surface area contributed by atoms with Gasteiger partial charge in [0.1, 0.15) is 23.2 Å². The molecule has 1 aliphatic carbocycles. The van der Waals surface area contributed by atoms with E-state index in [0.717, 1.165) is 25.3 Å². The van der Waals surface area contributed by atoms with Crippen molar-refractivity contribution in [1.82, 2.24) is 0 Å². The number of methoxy groups -OCH3 is 1. The van der Waals surface area contributed by atoms with Crippen LogP contribution in [0.2, 0.25) is 5.02 Å². The van der Waals surface area contributed by atoms with Crippen LogP contribution in [0, 0.1) is 0 Å². The van der Waals surface area contributed by atoms with Gasteiger partial charge in [-0.2, -0.15) is 0 Å². The Morgan fingerprint density at radius 2 is 2.14 bits per heavy atom. The molecule has 0 radical (unpaired) electrons. The minimum Gasteiger partial charge on any atom is -0.507 e. The number of aliphatic hydroxyl groups excluding tert-OH is 1. The lowest BCUT2D eigenvalue weighted by molar-refractivity contribution is -0.171. The highest BCUT2D eigenvalue weighted by Gasteiger charge is 2.55. The van der Waals surface area contributed by atoms with Gasteiger partial charge in [0.05, 0.1) is 17.7 Å². The number of hydrogen-bond acceptors (Lipinski definition) is 10. The average Bonchev–Trinajstić information content (AvgIpc) is 3.15. The molecule has 35 heavy (non-hydrogen) atoms. The third-order valence-electron chi connectivity index (χ3n) is 6.07. The molecule has 2 unspecified atom stereocenters. The number of carbonyl (C=O) groups excluding carboxylic acids is 3. The lowest BCUT2D eigenvalue weighted by Gasteiger charge is -2.28. The van der Waals surface area contributed by atoms with Gasteiger partial charge in [0.25, 0.3) is 0 Å². The molecule has 1 spiro atoms. The van der Waals surface area contributed by atoms with Crippen molar-refractivity contribution in [2.45, 2.75) is 57.0 Å². The van der Waals surface area contributed by atoms with E-state index in [-0.39, 0.29) is 52.1 Å². The highest BCUT2D eigenvalue weighted by Crippen LogP contribution is 2.50. The van der Waals surface area contributed by atoms with Gasteiger partial charge in [0.15, 0.2) is 23.7 Å². The fourth-order valence-corrected chi connectivity index (χ4v) is 4.35. The number of aliphatic hydroxyl groups is 1. The lowest BCUT2D eigenvalue weighted by atomic mass is 9.83. The summed E-state index contributed by atoms with van der Waals surface area (Å²) in [6.45, 7) is 2.24. The zero-order chi connectivity index (χ0) is 25.3. The van der Waals surface area contributed by atoms with Crippen LogP contribution in [0.1, 0.15) is 59.7 Å². The van der Waals surface area contributed by atoms with Crippen molar-refractivity contribution in [2.75, 3.05) is 13.7 Å². The number of ketones is 2. The number of nitrogens with two attached hydrogens (primary N) is 1. The van der Waals surface area contributed by atoms with Crippen molar-refractivity contribution >= 4 is 35.0 Å². The second-order valence-electron chi connectivity index (χ2n) is 8.37. The maximum atomic E-state index is 13.2. The van der Waals surface area contributed by atoms with Crippen molar-refractivity contribution in [2.24, 2.45) is 10.9 Å². The van der Waals surface area contributed by atoms with Gasteiger partial charge in [-0.15, -0.1) is 0 Å². The van der Waals surface area contributed by atoms with Crippen LogP contribution in [0.5, 0.6) is 11.5 Å². The molecule has 1 fully saturated rings. The van der Waals surface area contributed by atoms with Crippen LogP contribution < -0.4 is 15.2 Å². The Hall–Kier alpha value is -3.15. The number of nitrogens with zero attached hydrogens (tertiary/aromatic N) is 1. The second-order valence-corrected chi connectivity index (χ2v) is 8.75. The first-order chi connectivity index (χ1) is 16.7. The molecule has 0 saturated carbocycles. The number of ether oxygens (including phenoxy) is 4. The SMILES string of the molecule is COc1cc(C(=O)O/N=C(\N)C(C)OC2CCCCO2)c(Cl)c2c1C(=O)[C@@]1(CCC(=O)C=C1O)O2. The molecule has 3 N–H and O–H groups in total. The molecule has 12 heteroatoms. The Morgan fingerprint density at radius 1 is 1.37 bits per heavy atom. The van der Waals surface area contributed by atoms with Gasteiger partial charge in [-0.25, -0.2) is 4.79 Å². The quantitative estimate of drug-likeness (QED) is 0.253. The number of benzene rings is 1. The molecule has 0 bridgehead atoms. The molecule has 11 nitrogen and oxygen atoms in total. The summed E-state index contributed by atoms with van der Waals surface area (Å²) < 4.78 is 22.2. The summed E-state index contributed by atoms with van der Waals surface area (Å²) in [6, 6.07) is 1.21. The molecular formula is C23H25ClN2O9. The third-order valence-corrected chi connectivity index (χ3v) is 6.45. The number of fused-ring (bicyclic) bond motifs is 1. The number of carbonyl (C=O) groups is 3. The number of rotatable bonds is 6. The molecule has 1 saturated heterocycles. The van der Waals surface area contributed by atoms with Gasteiger partial charge in [-0.1, -0.05) is 16.8 Å². The molecule has 0 amide bonds. The Morgan fingerprint density at radius 3 is 2.80 bits per heavy atom. The molecular weight excluding hydrogens is 484 g/mol. The lowest BCUT2D eigenvalue weighted by Crippen LogP contribution is -2.45. The Bertz CT molecular complexity index is 1130. The predicted molar refractivity (Wildman–Crippen MR) is 122 cm³/mol. The summed E-state index contributed by atoms with van der Waals surface area (Å²) in [4.78, 5) is 42.6. The maximum Gasteiger partial charge on any atom is 0.367 e. The number of oxime groups is 1. The highest BCUT2D eigenvalue weighted by atomic mass is 35.5. The first-order valence-electron chi connectivity index (χ1n) is 11.1. The number of Topliss-reactive ketones (excluding diaryl/α,β-unsaturated/α-hetero) is 1. The number of halogens is 1. The van der Waals surface area contributed by atoms with Gasteiger partial charge in [-0.3, -0.25) is 9.59 Å². The van der Waals surface area contributed by atoms with Gasteiger partial charge in [-0.05, 0) is 32.3 Å². The Balaban J connectivity index is 1.56. The number of allylic oxidation sites excluding steroid dienone is 1. The van der Waals surface area contributed by atoms with Crippen LogP contribution in [0.25, 0.3) is 0 Å². The summed E-state index contributed by atoms with van der Waals surface area (Å²) >= 11 is 6.41. The van der Waals surface area contributed by atoms with Crippen LogP contribution in [-0.2, 0) is 19.1 Å². The second kappa shape index (κ2) is 9.84. The van der Waals surface area contributed by atoms with Crippen LogP contribution in [0.3, 0.4) is 0 Å². The fraction of sp³-hybridized carbons (Fsp3) is 0.478. The van der Waals surface area contributed by atoms with Gasteiger partial charge >= 0.3 is 5.97 Å². The van der Waals surface area contributed by atoms with E-state index in [1.807, 2.05) is 0 Å². The summed E-state index contributed by atoms with van der Waals surface area (Å²) in [7, 11) is 1.29. The van der Waals surface area contributed by atoms with Crippen LogP contribution >= 0.6 is 11.6 Å². The standard InChI is InChI=1S/C23H25ClN2O9/c1-11(33-16-5-3-4-8-32-16)21(25)26-35-22(30)13-10-14(31-2)17-19(18(13)24)34-23(20(17)29)7-6-12(27)9-15(23)28/h9-11,16,28H,3-8H2,1-2H3,(H2,25,26)/t11?,16?,23-/m0/s1. The van der Waals surface area contributed by atoms with Gasteiger partial charge in [0.2, 0.25) is 11.4 Å². The highest BCUT2D eigenvalue weighted by molar-refractivity contribution is 6.36. The first-order valence-corrected chi connectivity index (χ1v) is 11.5. The van der Waals surface area contributed by atoms with Gasteiger partial charge < -0.3 is 34.6 Å². The molecule has 3 aliphatic rings. The van der Waals surface area contributed by atoms with Crippen molar-refractivity contribution in [3.8, 4) is 11.5 Å². The minimum atomic E-state index is -1.81. The average molecular weight is 509 g/mol. The first kappa shape index (κ1) is 25.0. The summed E-state index contributed by atoms with van der Waals surface area (Å²) in [5.41, 5.74) is 3.81. The molecule has 3 atom stereocenters. The van der Waals surface area contributed by atoms with E-state index in [4.69, 9.17) is 41.1 Å². The molecule has 188 valence electrons. The van der Waals surface area contributed by atoms with Crippen LogP contribution in [0.4, 0.5) is 0 Å². The van der Waals surface area contributed by atoms with E-state index in [1.54, 1.807) is 6.92 Å². The number of hydrogen-bond donors (Lipinski definition) is 2.